The first kappa shape index (κ1) is 25.4. The molecule has 1 heterocycles. The lowest BCUT2D eigenvalue weighted by atomic mass is 10.2. The number of aryl methyl sites for hydroxylation is 3. The zero-order chi connectivity index (χ0) is 24.2. The third-order valence-electron chi connectivity index (χ3n) is 4.67. The summed E-state index contributed by atoms with van der Waals surface area (Å²) >= 11 is 0. The van der Waals surface area contributed by atoms with Gasteiger partial charge in [-0.1, -0.05) is 6.42 Å². The fourth-order valence-electron chi connectivity index (χ4n) is 2.79. The van der Waals surface area contributed by atoms with Crippen LogP contribution in [0.1, 0.15) is 58.8 Å². The summed E-state index contributed by atoms with van der Waals surface area (Å²) in [6.45, 7) is 5.85. The van der Waals surface area contributed by atoms with Gasteiger partial charge in [-0.05, 0) is 70.4 Å². The average Bonchev–Trinajstić information content (AvgIpc) is 2.77. The molecule has 33 heavy (non-hydrogen) atoms. The van der Waals surface area contributed by atoms with Crippen molar-refractivity contribution in [3.63, 3.8) is 0 Å². The molecule has 0 N–H and O–H groups in total. The lowest BCUT2D eigenvalue weighted by Gasteiger charge is -2.06. The molecule has 0 saturated heterocycles. The highest BCUT2D eigenvalue weighted by Gasteiger charge is 2.09. The van der Waals surface area contributed by atoms with Gasteiger partial charge in [-0.15, -0.1) is 10.1 Å². The van der Waals surface area contributed by atoms with Crippen LogP contribution in [0.4, 0.5) is 0 Å². The summed E-state index contributed by atoms with van der Waals surface area (Å²) in [6, 6.07) is 6.06. The zero-order valence-corrected chi connectivity index (χ0v) is 18.9. The lowest BCUT2D eigenvalue weighted by Crippen LogP contribution is -2.08. The fourth-order valence-corrected chi connectivity index (χ4v) is 2.79. The van der Waals surface area contributed by atoms with E-state index < -0.39 is 17.0 Å². The molecule has 1 aromatic carbocycles. The molecule has 10 heteroatoms. The summed E-state index contributed by atoms with van der Waals surface area (Å²) in [7, 11) is 0. The van der Waals surface area contributed by atoms with Crippen LogP contribution in [0.25, 0.3) is 6.08 Å². The highest BCUT2D eigenvalue weighted by molar-refractivity contribution is 5.90. The van der Waals surface area contributed by atoms with Crippen LogP contribution < -0.4 is 4.74 Å². The Bertz CT molecular complexity index is 1000. The molecule has 176 valence electrons. The molecule has 0 atom stereocenters. The van der Waals surface area contributed by atoms with Gasteiger partial charge in [0.25, 0.3) is 5.09 Å². The number of unbranched alkanes of at least 4 members (excludes halogenated alkanes) is 3. The van der Waals surface area contributed by atoms with Crippen molar-refractivity contribution in [3.8, 4) is 5.75 Å². The SMILES string of the molecule is Cc1nc(C)c(/C=C/C(=O)Oc2ccc(C(=O)OCCCCCCO[N+](=O)[O-])cc2)nc1C. The van der Waals surface area contributed by atoms with Crippen molar-refractivity contribution in [2.45, 2.75) is 46.5 Å². The predicted molar refractivity (Wildman–Crippen MR) is 119 cm³/mol. The molecular formula is C23H27N3O7. The van der Waals surface area contributed by atoms with Gasteiger partial charge in [0.05, 0.1) is 41.6 Å². The number of nitrogens with zero attached hydrogens (tertiary/aromatic N) is 3. The molecule has 0 fully saturated rings. The normalized spacial score (nSPS) is 10.8. The minimum absolute atomic E-state index is 0.0683. The molecule has 10 nitrogen and oxygen atoms in total. The van der Waals surface area contributed by atoms with Gasteiger partial charge in [0.15, 0.2) is 0 Å². The first-order valence-corrected chi connectivity index (χ1v) is 10.5. The Balaban J connectivity index is 1.74. The first-order valence-electron chi connectivity index (χ1n) is 10.5. The Labute approximate surface area is 191 Å². The molecule has 0 saturated carbocycles. The van der Waals surface area contributed by atoms with Gasteiger partial charge in [-0.3, -0.25) is 4.98 Å². The van der Waals surface area contributed by atoms with Crippen molar-refractivity contribution < 1.29 is 29.0 Å². The van der Waals surface area contributed by atoms with Crippen LogP contribution in [0.15, 0.2) is 30.3 Å². The van der Waals surface area contributed by atoms with Gasteiger partial charge in [-0.25, -0.2) is 14.6 Å². The second-order valence-electron chi connectivity index (χ2n) is 7.25. The van der Waals surface area contributed by atoms with Gasteiger partial charge < -0.3 is 14.3 Å². The Kier molecular flexibility index (Phi) is 9.94. The molecule has 0 aliphatic rings. The molecule has 0 radical (unpaired) electrons. The number of carbonyl (C=O) groups excluding carboxylic acids is 2. The van der Waals surface area contributed by atoms with E-state index in [0.717, 1.165) is 24.2 Å². The standard InChI is InChI=1S/C23H27N3O7/c1-16-17(2)25-21(18(3)24-16)12-13-22(27)33-20-10-8-19(9-11-20)23(28)31-14-6-4-5-7-15-32-26(29)30/h8-13H,4-7,14-15H2,1-3H3/b13-12+. The minimum Gasteiger partial charge on any atom is -0.462 e. The van der Waals surface area contributed by atoms with Gasteiger partial charge in [-0.2, -0.15) is 0 Å². The monoisotopic (exact) mass is 457 g/mol. The van der Waals surface area contributed by atoms with Gasteiger partial charge in [0, 0.05) is 6.08 Å². The fraction of sp³-hybridized carbons (Fsp3) is 0.391. The van der Waals surface area contributed by atoms with E-state index in [1.807, 2.05) is 20.8 Å². The van der Waals surface area contributed by atoms with Crippen molar-refractivity contribution in [2.24, 2.45) is 0 Å². The van der Waals surface area contributed by atoms with Crippen molar-refractivity contribution in [3.05, 3.63) is 68.8 Å². The summed E-state index contributed by atoms with van der Waals surface area (Å²) in [5, 5.41) is 9.21. The Morgan fingerprint density at radius 3 is 2.24 bits per heavy atom. The molecule has 2 aromatic rings. The van der Waals surface area contributed by atoms with Crippen LogP contribution in [-0.4, -0.2) is 40.2 Å². The van der Waals surface area contributed by atoms with E-state index in [2.05, 4.69) is 14.8 Å². The van der Waals surface area contributed by atoms with Crippen LogP contribution >= 0.6 is 0 Å². The molecule has 2 rings (SSSR count). The van der Waals surface area contributed by atoms with E-state index in [9.17, 15) is 19.7 Å². The van der Waals surface area contributed by atoms with Crippen molar-refractivity contribution in [1.82, 2.24) is 9.97 Å². The number of ether oxygens (including phenoxy) is 2. The van der Waals surface area contributed by atoms with Crippen LogP contribution in [0, 0.1) is 30.9 Å². The summed E-state index contributed by atoms with van der Waals surface area (Å²) < 4.78 is 10.4. The van der Waals surface area contributed by atoms with Crippen molar-refractivity contribution in [2.75, 3.05) is 13.2 Å². The molecule has 0 amide bonds. The highest BCUT2D eigenvalue weighted by atomic mass is 16.9. The number of rotatable bonds is 12. The molecule has 0 spiro atoms. The summed E-state index contributed by atoms with van der Waals surface area (Å²) in [5.74, 6) is -0.761. The number of benzene rings is 1. The average molecular weight is 457 g/mol. The first-order chi connectivity index (χ1) is 15.8. The number of carbonyl (C=O) groups is 2. The van der Waals surface area contributed by atoms with E-state index in [-0.39, 0.29) is 13.2 Å². The van der Waals surface area contributed by atoms with Crippen molar-refractivity contribution >= 4 is 18.0 Å². The van der Waals surface area contributed by atoms with E-state index in [0.29, 0.717) is 35.5 Å². The molecule has 0 aliphatic carbocycles. The quantitative estimate of drug-likeness (QED) is 0.116. The number of esters is 2. The zero-order valence-electron chi connectivity index (χ0n) is 18.9. The second-order valence-corrected chi connectivity index (χ2v) is 7.25. The maximum Gasteiger partial charge on any atom is 0.338 e. The van der Waals surface area contributed by atoms with Crippen LogP contribution in [0.5, 0.6) is 5.75 Å². The molecular weight excluding hydrogens is 430 g/mol. The largest absolute Gasteiger partial charge is 0.462 e. The van der Waals surface area contributed by atoms with E-state index in [1.54, 1.807) is 6.08 Å². The number of aromatic nitrogens is 2. The topological polar surface area (TPSA) is 131 Å². The van der Waals surface area contributed by atoms with E-state index in [1.165, 1.54) is 30.3 Å². The van der Waals surface area contributed by atoms with Gasteiger partial charge in [0.1, 0.15) is 5.75 Å². The Morgan fingerprint density at radius 1 is 0.939 bits per heavy atom. The molecule has 1 aromatic heterocycles. The predicted octanol–water partition coefficient (Wildman–Crippen LogP) is 3.95. The third-order valence-corrected chi connectivity index (χ3v) is 4.67. The van der Waals surface area contributed by atoms with Crippen LogP contribution in [-0.2, 0) is 14.4 Å². The number of hydrogen-bond acceptors (Lipinski definition) is 9. The van der Waals surface area contributed by atoms with Gasteiger partial charge >= 0.3 is 11.9 Å². The third kappa shape index (κ3) is 9.06. The van der Waals surface area contributed by atoms with Crippen molar-refractivity contribution in [1.29, 1.82) is 0 Å². The molecule has 0 aliphatic heterocycles. The van der Waals surface area contributed by atoms with E-state index in [4.69, 9.17) is 9.47 Å². The summed E-state index contributed by atoms with van der Waals surface area (Å²) in [5.41, 5.74) is 3.28. The van der Waals surface area contributed by atoms with Crippen LogP contribution in [0.2, 0.25) is 0 Å². The highest BCUT2D eigenvalue weighted by Crippen LogP contribution is 2.15. The molecule has 0 unspecified atom stereocenters. The number of hydrogen-bond donors (Lipinski definition) is 0. The Hall–Kier alpha value is -3.82. The second kappa shape index (κ2) is 12.9. The maximum absolute atomic E-state index is 12.1. The van der Waals surface area contributed by atoms with Crippen LogP contribution in [0.3, 0.4) is 0 Å². The smallest absolute Gasteiger partial charge is 0.338 e. The minimum atomic E-state index is -0.813. The van der Waals surface area contributed by atoms with Gasteiger partial charge in [0.2, 0.25) is 0 Å². The summed E-state index contributed by atoms with van der Waals surface area (Å²) in [4.78, 5) is 47.2. The molecule has 0 bridgehead atoms. The Morgan fingerprint density at radius 2 is 1.58 bits per heavy atom. The maximum atomic E-state index is 12.1. The van der Waals surface area contributed by atoms with E-state index >= 15 is 0 Å². The lowest BCUT2D eigenvalue weighted by molar-refractivity contribution is -0.757. The summed E-state index contributed by atoms with van der Waals surface area (Å²) in [6.07, 6.45) is 5.56.